The van der Waals surface area contributed by atoms with Crippen molar-refractivity contribution >= 4 is 16.9 Å². The molecule has 1 aromatic carbocycles. The summed E-state index contributed by atoms with van der Waals surface area (Å²) >= 11 is 0. The van der Waals surface area contributed by atoms with Gasteiger partial charge in [-0.25, -0.2) is 9.18 Å². The second-order valence-corrected chi connectivity index (χ2v) is 3.09. The minimum absolute atomic E-state index is 0.119. The van der Waals surface area contributed by atoms with Crippen LogP contribution in [0.4, 0.5) is 4.39 Å². The lowest BCUT2D eigenvalue weighted by atomic mass is 10.1. The number of hydrogen-bond acceptors (Lipinski definition) is 1. The highest BCUT2D eigenvalue weighted by Gasteiger charge is 2.13. The molecule has 0 atom stereocenters. The third kappa shape index (κ3) is 1.08. The molecule has 14 heavy (non-hydrogen) atoms. The van der Waals surface area contributed by atoms with Gasteiger partial charge in [-0.3, -0.25) is 0 Å². The molecule has 2 rings (SSSR count). The van der Waals surface area contributed by atoms with Crippen molar-refractivity contribution in [2.24, 2.45) is 7.05 Å². The Balaban J connectivity index is 2.92. The van der Waals surface area contributed by atoms with Crippen molar-refractivity contribution in [1.82, 2.24) is 4.57 Å². The molecule has 0 amide bonds. The number of nitrogens with zero attached hydrogens (tertiary/aromatic N) is 1. The fourth-order valence-electron chi connectivity index (χ4n) is 1.56. The molecule has 0 aliphatic rings. The number of aryl methyl sites for hydroxylation is 1. The SMILES string of the molecule is Cn1ccc2c(F)ccc(C(=O)O)c21. The molecule has 2 aromatic rings. The fourth-order valence-corrected chi connectivity index (χ4v) is 1.56. The lowest BCUT2D eigenvalue weighted by Crippen LogP contribution is -2.00. The number of aromatic carboxylic acids is 1. The first-order chi connectivity index (χ1) is 6.61. The topological polar surface area (TPSA) is 42.2 Å². The first-order valence-corrected chi connectivity index (χ1v) is 4.08. The van der Waals surface area contributed by atoms with Crippen molar-refractivity contribution in [2.75, 3.05) is 0 Å². The van der Waals surface area contributed by atoms with E-state index in [0.29, 0.717) is 10.9 Å². The Kier molecular flexibility index (Phi) is 1.77. The fraction of sp³-hybridized carbons (Fsp3) is 0.100. The van der Waals surface area contributed by atoms with E-state index in [-0.39, 0.29) is 5.56 Å². The third-order valence-corrected chi connectivity index (χ3v) is 2.21. The van der Waals surface area contributed by atoms with Gasteiger partial charge in [0.05, 0.1) is 11.1 Å². The molecule has 1 heterocycles. The number of carbonyl (C=O) groups is 1. The van der Waals surface area contributed by atoms with Gasteiger partial charge in [-0.05, 0) is 18.2 Å². The summed E-state index contributed by atoms with van der Waals surface area (Å²) in [6, 6.07) is 4.02. The van der Waals surface area contributed by atoms with E-state index in [2.05, 4.69) is 0 Å². The van der Waals surface area contributed by atoms with Gasteiger partial charge in [0.15, 0.2) is 0 Å². The van der Waals surface area contributed by atoms with Gasteiger partial charge < -0.3 is 9.67 Å². The molecular formula is C10H8FNO2. The maximum Gasteiger partial charge on any atom is 0.337 e. The van der Waals surface area contributed by atoms with Crippen LogP contribution in [0.2, 0.25) is 0 Å². The summed E-state index contributed by atoms with van der Waals surface area (Å²) in [5, 5.41) is 9.22. The molecule has 0 unspecified atom stereocenters. The van der Waals surface area contributed by atoms with Crippen molar-refractivity contribution in [3.8, 4) is 0 Å². The van der Waals surface area contributed by atoms with E-state index in [4.69, 9.17) is 5.11 Å². The number of fused-ring (bicyclic) bond motifs is 1. The molecule has 0 bridgehead atoms. The number of rotatable bonds is 1. The summed E-state index contributed by atoms with van der Waals surface area (Å²) in [5.41, 5.74) is 0.534. The minimum Gasteiger partial charge on any atom is -0.478 e. The lowest BCUT2D eigenvalue weighted by molar-refractivity contribution is 0.0698. The van der Waals surface area contributed by atoms with Gasteiger partial charge in [0.2, 0.25) is 0 Å². The summed E-state index contributed by atoms with van der Waals surface area (Å²) in [5.74, 6) is -1.44. The molecule has 3 nitrogen and oxygen atoms in total. The maximum absolute atomic E-state index is 13.2. The van der Waals surface area contributed by atoms with Crippen molar-refractivity contribution in [2.45, 2.75) is 0 Å². The highest BCUT2D eigenvalue weighted by molar-refractivity contribution is 6.02. The van der Waals surface area contributed by atoms with Crippen molar-refractivity contribution in [3.63, 3.8) is 0 Å². The normalized spacial score (nSPS) is 10.7. The molecule has 1 aromatic heterocycles. The van der Waals surface area contributed by atoms with Gasteiger partial charge in [-0.15, -0.1) is 0 Å². The standard InChI is InChI=1S/C10H8FNO2/c1-12-5-4-6-8(11)3-2-7(9(6)12)10(13)14/h2-5H,1H3,(H,13,14). The zero-order valence-corrected chi connectivity index (χ0v) is 7.49. The van der Waals surface area contributed by atoms with Gasteiger partial charge in [0.1, 0.15) is 5.82 Å². The number of hydrogen-bond donors (Lipinski definition) is 1. The molecule has 0 saturated carbocycles. The van der Waals surface area contributed by atoms with Crippen LogP contribution >= 0.6 is 0 Å². The molecule has 72 valence electrons. The molecule has 0 radical (unpaired) electrons. The average molecular weight is 193 g/mol. The first-order valence-electron chi connectivity index (χ1n) is 4.08. The van der Waals surface area contributed by atoms with Crippen LogP contribution in [0, 0.1) is 5.82 Å². The van der Waals surface area contributed by atoms with Crippen molar-refractivity contribution in [1.29, 1.82) is 0 Å². The Morgan fingerprint density at radius 3 is 2.79 bits per heavy atom. The van der Waals surface area contributed by atoms with Crippen molar-refractivity contribution in [3.05, 3.63) is 35.8 Å². The first kappa shape index (κ1) is 8.74. The number of carboxylic acid groups (broad SMARTS) is 1. The number of carboxylic acids is 1. The van der Waals surface area contributed by atoms with E-state index in [0.717, 1.165) is 0 Å². The predicted molar refractivity (Wildman–Crippen MR) is 49.8 cm³/mol. The van der Waals surface area contributed by atoms with E-state index in [1.165, 1.54) is 12.1 Å². The Labute approximate surface area is 79.4 Å². The maximum atomic E-state index is 13.2. The molecule has 4 heteroatoms. The van der Waals surface area contributed by atoms with E-state index >= 15 is 0 Å². The average Bonchev–Trinajstić information content (AvgIpc) is 2.50. The van der Waals surface area contributed by atoms with Crippen LogP contribution in [0.5, 0.6) is 0 Å². The zero-order chi connectivity index (χ0) is 10.3. The largest absolute Gasteiger partial charge is 0.478 e. The Hall–Kier alpha value is -1.84. The minimum atomic E-state index is -1.04. The molecule has 0 aliphatic heterocycles. The van der Waals surface area contributed by atoms with Gasteiger partial charge in [-0.1, -0.05) is 0 Å². The second kappa shape index (κ2) is 2.83. The van der Waals surface area contributed by atoms with E-state index in [9.17, 15) is 9.18 Å². The molecule has 1 N–H and O–H groups in total. The predicted octanol–water partition coefficient (Wildman–Crippen LogP) is 2.02. The molecule has 0 fully saturated rings. The summed E-state index contributed by atoms with van der Waals surface area (Å²) < 4.78 is 14.8. The smallest absolute Gasteiger partial charge is 0.337 e. The number of halogens is 1. The molecule has 0 saturated heterocycles. The second-order valence-electron chi connectivity index (χ2n) is 3.09. The third-order valence-electron chi connectivity index (χ3n) is 2.21. The monoisotopic (exact) mass is 193 g/mol. The highest BCUT2D eigenvalue weighted by atomic mass is 19.1. The van der Waals surface area contributed by atoms with Gasteiger partial charge in [-0.2, -0.15) is 0 Å². The van der Waals surface area contributed by atoms with Crippen LogP contribution in [0.15, 0.2) is 24.4 Å². The van der Waals surface area contributed by atoms with Crippen LogP contribution in [0.3, 0.4) is 0 Å². The van der Waals surface area contributed by atoms with Gasteiger partial charge in [0.25, 0.3) is 0 Å². The number of aromatic nitrogens is 1. The molecular weight excluding hydrogens is 185 g/mol. The van der Waals surface area contributed by atoms with E-state index in [1.54, 1.807) is 23.9 Å². The Morgan fingerprint density at radius 1 is 1.43 bits per heavy atom. The van der Waals surface area contributed by atoms with Gasteiger partial charge in [0, 0.05) is 18.6 Å². The summed E-state index contributed by atoms with van der Waals surface area (Å²) in [4.78, 5) is 10.8. The summed E-state index contributed by atoms with van der Waals surface area (Å²) in [6.07, 6.45) is 1.64. The zero-order valence-electron chi connectivity index (χ0n) is 7.49. The lowest BCUT2D eigenvalue weighted by Gasteiger charge is -2.01. The molecule has 0 aliphatic carbocycles. The summed E-state index contributed by atoms with van der Waals surface area (Å²) in [7, 11) is 1.69. The highest BCUT2D eigenvalue weighted by Crippen LogP contribution is 2.22. The van der Waals surface area contributed by atoms with Gasteiger partial charge >= 0.3 is 5.97 Å². The van der Waals surface area contributed by atoms with E-state index < -0.39 is 11.8 Å². The van der Waals surface area contributed by atoms with E-state index in [1.807, 2.05) is 0 Å². The number of benzene rings is 1. The van der Waals surface area contributed by atoms with Crippen LogP contribution in [0.25, 0.3) is 10.9 Å². The van der Waals surface area contributed by atoms with Crippen LogP contribution in [-0.2, 0) is 7.05 Å². The molecule has 0 spiro atoms. The quantitative estimate of drug-likeness (QED) is 0.752. The Morgan fingerprint density at radius 2 is 2.14 bits per heavy atom. The van der Waals surface area contributed by atoms with Crippen LogP contribution in [0.1, 0.15) is 10.4 Å². The van der Waals surface area contributed by atoms with Crippen LogP contribution < -0.4 is 0 Å². The Bertz CT molecular complexity index is 516. The summed E-state index contributed by atoms with van der Waals surface area (Å²) in [6.45, 7) is 0. The van der Waals surface area contributed by atoms with Crippen molar-refractivity contribution < 1.29 is 14.3 Å². The van der Waals surface area contributed by atoms with Crippen LogP contribution in [-0.4, -0.2) is 15.6 Å².